The first kappa shape index (κ1) is 13.6. The summed E-state index contributed by atoms with van der Waals surface area (Å²) in [6, 6.07) is 4.04. The predicted molar refractivity (Wildman–Crippen MR) is 70.8 cm³/mol. The van der Waals surface area contributed by atoms with E-state index in [0.717, 1.165) is 35.5 Å². The van der Waals surface area contributed by atoms with Crippen LogP contribution in [-0.2, 0) is 6.42 Å². The fourth-order valence-corrected chi connectivity index (χ4v) is 1.85. The van der Waals surface area contributed by atoms with E-state index in [9.17, 15) is 0 Å². The molecule has 1 aromatic carbocycles. The minimum Gasteiger partial charge on any atom is -0.496 e. The van der Waals surface area contributed by atoms with E-state index in [0.29, 0.717) is 0 Å². The normalized spacial score (nSPS) is 12.0. The SMILES string of the molecule is C=CCC(N)Cc1cc(OC)c(C)cc1OC. The molecule has 0 radical (unpaired) electrons. The zero-order valence-corrected chi connectivity index (χ0v) is 10.8. The lowest BCUT2D eigenvalue weighted by molar-refractivity contribution is 0.395. The Kier molecular flexibility index (Phi) is 5.04. The summed E-state index contributed by atoms with van der Waals surface area (Å²) in [5.41, 5.74) is 8.14. The summed E-state index contributed by atoms with van der Waals surface area (Å²) in [5, 5.41) is 0. The molecule has 0 fully saturated rings. The van der Waals surface area contributed by atoms with E-state index in [1.807, 2.05) is 25.1 Å². The second-order valence-corrected chi connectivity index (χ2v) is 4.12. The highest BCUT2D eigenvalue weighted by Gasteiger charge is 2.11. The molecule has 0 saturated carbocycles. The van der Waals surface area contributed by atoms with E-state index < -0.39 is 0 Å². The Balaban J connectivity index is 2.99. The molecule has 1 aromatic rings. The molecular weight excluding hydrogens is 214 g/mol. The maximum atomic E-state index is 6.00. The van der Waals surface area contributed by atoms with Crippen molar-refractivity contribution in [2.75, 3.05) is 14.2 Å². The maximum Gasteiger partial charge on any atom is 0.122 e. The molecule has 1 atom stereocenters. The fourth-order valence-electron chi connectivity index (χ4n) is 1.85. The lowest BCUT2D eigenvalue weighted by Gasteiger charge is -2.15. The van der Waals surface area contributed by atoms with Gasteiger partial charge in [0.2, 0.25) is 0 Å². The predicted octanol–water partition coefficient (Wildman–Crippen LogP) is 2.46. The van der Waals surface area contributed by atoms with Gasteiger partial charge in [0.1, 0.15) is 11.5 Å². The quantitative estimate of drug-likeness (QED) is 0.770. The van der Waals surface area contributed by atoms with E-state index in [1.54, 1.807) is 14.2 Å². The van der Waals surface area contributed by atoms with Crippen molar-refractivity contribution < 1.29 is 9.47 Å². The van der Waals surface area contributed by atoms with Crippen molar-refractivity contribution in [3.63, 3.8) is 0 Å². The van der Waals surface area contributed by atoms with Crippen LogP contribution in [0.15, 0.2) is 24.8 Å². The average Bonchev–Trinajstić information content (AvgIpc) is 2.31. The van der Waals surface area contributed by atoms with Gasteiger partial charge in [-0.2, -0.15) is 0 Å². The highest BCUT2D eigenvalue weighted by Crippen LogP contribution is 2.29. The molecular formula is C14H21NO2. The van der Waals surface area contributed by atoms with Crippen molar-refractivity contribution in [3.8, 4) is 11.5 Å². The Labute approximate surface area is 103 Å². The Bertz CT molecular complexity index is 388. The fraction of sp³-hybridized carbons (Fsp3) is 0.429. The van der Waals surface area contributed by atoms with Crippen molar-refractivity contribution >= 4 is 0 Å². The zero-order valence-electron chi connectivity index (χ0n) is 10.8. The van der Waals surface area contributed by atoms with E-state index >= 15 is 0 Å². The number of nitrogens with two attached hydrogens (primary N) is 1. The molecule has 0 aliphatic rings. The molecule has 0 heterocycles. The van der Waals surface area contributed by atoms with Gasteiger partial charge in [0.25, 0.3) is 0 Å². The third-order valence-electron chi connectivity index (χ3n) is 2.75. The first-order chi connectivity index (χ1) is 8.12. The molecule has 1 unspecified atom stereocenters. The van der Waals surface area contributed by atoms with Crippen LogP contribution in [0.5, 0.6) is 11.5 Å². The van der Waals surface area contributed by atoms with Gasteiger partial charge < -0.3 is 15.2 Å². The Hall–Kier alpha value is -1.48. The highest BCUT2D eigenvalue weighted by atomic mass is 16.5. The summed E-state index contributed by atoms with van der Waals surface area (Å²) in [5.74, 6) is 1.73. The van der Waals surface area contributed by atoms with Gasteiger partial charge >= 0.3 is 0 Å². The van der Waals surface area contributed by atoms with Gasteiger partial charge in [-0.1, -0.05) is 6.08 Å². The lowest BCUT2D eigenvalue weighted by Crippen LogP contribution is -2.22. The van der Waals surface area contributed by atoms with E-state index in [4.69, 9.17) is 15.2 Å². The van der Waals surface area contributed by atoms with Gasteiger partial charge in [-0.15, -0.1) is 6.58 Å². The molecule has 0 aliphatic heterocycles. The van der Waals surface area contributed by atoms with Crippen LogP contribution in [0, 0.1) is 6.92 Å². The third-order valence-corrected chi connectivity index (χ3v) is 2.75. The third kappa shape index (κ3) is 3.49. The lowest BCUT2D eigenvalue weighted by atomic mass is 10.0. The van der Waals surface area contributed by atoms with Gasteiger partial charge in [-0.3, -0.25) is 0 Å². The first-order valence-electron chi connectivity index (χ1n) is 5.70. The van der Waals surface area contributed by atoms with Gasteiger partial charge in [-0.25, -0.2) is 0 Å². The number of hydrogen-bond acceptors (Lipinski definition) is 3. The standard InChI is InChI=1S/C14H21NO2/c1-5-6-12(15)8-11-9-13(16-3)10(2)7-14(11)17-4/h5,7,9,12H,1,6,8,15H2,2-4H3. The van der Waals surface area contributed by atoms with Gasteiger partial charge in [0, 0.05) is 6.04 Å². The summed E-state index contributed by atoms with van der Waals surface area (Å²) in [4.78, 5) is 0. The smallest absolute Gasteiger partial charge is 0.122 e. The summed E-state index contributed by atoms with van der Waals surface area (Å²) >= 11 is 0. The summed E-state index contributed by atoms with van der Waals surface area (Å²) in [7, 11) is 3.34. The van der Waals surface area contributed by atoms with Gasteiger partial charge in [0.05, 0.1) is 14.2 Å². The molecule has 0 saturated heterocycles. The van der Waals surface area contributed by atoms with Crippen molar-refractivity contribution in [2.24, 2.45) is 5.73 Å². The van der Waals surface area contributed by atoms with Crippen molar-refractivity contribution in [2.45, 2.75) is 25.8 Å². The van der Waals surface area contributed by atoms with Crippen LogP contribution in [-0.4, -0.2) is 20.3 Å². The molecule has 0 aromatic heterocycles. The Morgan fingerprint density at radius 2 is 1.94 bits per heavy atom. The second kappa shape index (κ2) is 6.30. The molecule has 0 aliphatic carbocycles. The molecule has 0 bridgehead atoms. The molecule has 0 spiro atoms. The molecule has 0 amide bonds. The summed E-state index contributed by atoms with van der Waals surface area (Å²) in [6.07, 6.45) is 3.38. The van der Waals surface area contributed by atoms with Crippen molar-refractivity contribution in [1.82, 2.24) is 0 Å². The number of hydrogen-bond donors (Lipinski definition) is 1. The minimum atomic E-state index is 0.0637. The topological polar surface area (TPSA) is 44.5 Å². The molecule has 3 heteroatoms. The van der Waals surface area contributed by atoms with Crippen LogP contribution < -0.4 is 15.2 Å². The molecule has 1 rings (SSSR count). The minimum absolute atomic E-state index is 0.0637. The van der Waals surface area contributed by atoms with E-state index in [1.165, 1.54) is 0 Å². The van der Waals surface area contributed by atoms with Gasteiger partial charge in [0.15, 0.2) is 0 Å². The second-order valence-electron chi connectivity index (χ2n) is 4.12. The largest absolute Gasteiger partial charge is 0.496 e. The number of methoxy groups -OCH3 is 2. The van der Waals surface area contributed by atoms with Crippen LogP contribution >= 0.6 is 0 Å². The number of ether oxygens (including phenoxy) is 2. The van der Waals surface area contributed by atoms with Crippen LogP contribution in [0.1, 0.15) is 17.5 Å². The van der Waals surface area contributed by atoms with Gasteiger partial charge in [-0.05, 0) is 43.0 Å². The highest BCUT2D eigenvalue weighted by molar-refractivity contribution is 5.46. The van der Waals surface area contributed by atoms with Crippen LogP contribution in [0.3, 0.4) is 0 Å². The number of benzene rings is 1. The van der Waals surface area contributed by atoms with E-state index in [-0.39, 0.29) is 6.04 Å². The molecule has 2 N–H and O–H groups in total. The van der Waals surface area contributed by atoms with Crippen LogP contribution in [0.4, 0.5) is 0 Å². The molecule has 3 nitrogen and oxygen atoms in total. The monoisotopic (exact) mass is 235 g/mol. The first-order valence-corrected chi connectivity index (χ1v) is 5.70. The van der Waals surface area contributed by atoms with Crippen LogP contribution in [0.2, 0.25) is 0 Å². The van der Waals surface area contributed by atoms with E-state index in [2.05, 4.69) is 6.58 Å². The average molecular weight is 235 g/mol. The Morgan fingerprint density at radius 1 is 1.29 bits per heavy atom. The summed E-state index contributed by atoms with van der Waals surface area (Å²) in [6.45, 7) is 5.69. The summed E-state index contributed by atoms with van der Waals surface area (Å²) < 4.78 is 10.7. The zero-order chi connectivity index (χ0) is 12.8. The van der Waals surface area contributed by atoms with Crippen molar-refractivity contribution in [3.05, 3.63) is 35.9 Å². The Morgan fingerprint density at radius 3 is 2.47 bits per heavy atom. The van der Waals surface area contributed by atoms with Crippen molar-refractivity contribution in [1.29, 1.82) is 0 Å². The van der Waals surface area contributed by atoms with Crippen LogP contribution in [0.25, 0.3) is 0 Å². The number of rotatable bonds is 6. The number of aryl methyl sites for hydroxylation is 1. The maximum absolute atomic E-state index is 6.00. The molecule has 94 valence electrons. The molecule has 17 heavy (non-hydrogen) atoms.